The van der Waals surface area contributed by atoms with E-state index in [2.05, 4.69) is 21.1 Å². The van der Waals surface area contributed by atoms with Gasteiger partial charge >= 0.3 is 0 Å². The SMILES string of the molecule is Oc1cccc2c(Br)onc12. The van der Waals surface area contributed by atoms with Gasteiger partial charge in [-0.2, -0.15) is 0 Å². The number of nitrogens with zero attached hydrogens (tertiary/aromatic N) is 1. The van der Waals surface area contributed by atoms with Gasteiger partial charge in [0.1, 0.15) is 5.75 Å². The second kappa shape index (κ2) is 2.23. The molecule has 1 aromatic heterocycles. The Hall–Kier alpha value is -1.03. The van der Waals surface area contributed by atoms with Gasteiger partial charge in [-0.05, 0) is 28.1 Å². The average Bonchev–Trinajstić information content (AvgIpc) is 2.35. The molecule has 4 heteroatoms. The summed E-state index contributed by atoms with van der Waals surface area (Å²) in [7, 11) is 0. The number of rotatable bonds is 0. The Morgan fingerprint density at radius 2 is 2.27 bits per heavy atom. The molecule has 0 bridgehead atoms. The Morgan fingerprint density at radius 3 is 3.00 bits per heavy atom. The van der Waals surface area contributed by atoms with Crippen molar-refractivity contribution in [2.75, 3.05) is 0 Å². The van der Waals surface area contributed by atoms with Crippen molar-refractivity contribution >= 4 is 26.8 Å². The second-order valence-corrected chi connectivity index (χ2v) is 2.85. The number of aromatic hydroxyl groups is 1. The number of fused-ring (bicyclic) bond motifs is 1. The van der Waals surface area contributed by atoms with Crippen molar-refractivity contribution < 1.29 is 9.63 Å². The van der Waals surface area contributed by atoms with E-state index in [1.165, 1.54) is 0 Å². The molecule has 2 aromatic rings. The molecule has 0 aliphatic heterocycles. The zero-order valence-electron chi connectivity index (χ0n) is 5.41. The first-order valence-corrected chi connectivity index (χ1v) is 3.81. The third-order valence-corrected chi connectivity index (χ3v) is 2.02. The Bertz CT molecular complexity index is 396. The maximum Gasteiger partial charge on any atom is 0.209 e. The number of hydrogen-bond acceptors (Lipinski definition) is 3. The van der Waals surface area contributed by atoms with Crippen molar-refractivity contribution in [1.29, 1.82) is 0 Å². The summed E-state index contributed by atoms with van der Waals surface area (Å²) in [5.74, 6) is 0.136. The monoisotopic (exact) mass is 213 g/mol. The van der Waals surface area contributed by atoms with Crippen LogP contribution in [0.25, 0.3) is 10.9 Å². The van der Waals surface area contributed by atoms with Crippen molar-refractivity contribution in [2.24, 2.45) is 0 Å². The predicted molar refractivity (Wildman–Crippen MR) is 43.4 cm³/mol. The smallest absolute Gasteiger partial charge is 0.209 e. The summed E-state index contributed by atoms with van der Waals surface area (Å²) in [6.45, 7) is 0. The molecular weight excluding hydrogens is 210 g/mol. The van der Waals surface area contributed by atoms with Crippen LogP contribution in [0.4, 0.5) is 0 Å². The predicted octanol–water partition coefficient (Wildman–Crippen LogP) is 2.30. The van der Waals surface area contributed by atoms with Crippen LogP contribution in [0.15, 0.2) is 27.4 Å². The summed E-state index contributed by atoms with van der Waals surface area (Å²) >= 11 is 3.16. The standard InChI is InChI=1S/C7H4BrNO2/c8-7-4-2-1-3-5(10)6(4)9-11-7/h1-3,10H. The fourth-order valence-corrected chi connectivity index (χ4v) is 1.31. The van der Waals surface area contributed by atoms with Crippen LogP contribution < -0.4 is 0 Å². The van der Waals surface area contributed by atoms with Crippen molar-refractivity contribution in [3.8, 4) is 5.75 Å². The van der Waals surface area contributed by atoms with Crippen LogP contribution in [-0.4, -0.2) is 10.3 Å². The molecule has 0 fully saturated rings. The molecule has 0 atom stereocenters. The van der Waals surface area contributed by atoms with Gasteiger partial charge < -0.3 is 9.63 Å². The third-order valence-electron chi connectivity index (χ3n) is 1.44. The number of benzene rings is 1. The topological polar surface area (TPSA) is 46.3 Å². The van der Waals surface area contributed by atoms with Crippen molar-refractivity contribution in [1.82, 2.24) is 5.16 Å². The van der Waals surface area contributed by atoms with Gasteiger partial charge in [-0.25, -0.2) is 0 Å². The lowest BCUT2D eigenvalue weighted by Crippen LogP contribution is -1.68. The quantitative estimate of drug-likeness (QED) is 0.731. The highest BCUT2D eigenvalue weighted by Crippen LogP contribution is 2.28. The molecule has 0 saturated heterocycles. The second-order valence-electron chi connectivity index (χ2n) is 2.13. The molecule has 56 valence electrons. The van der Waals surface area contributed by atoms with Gasteiger partial charge in [-0.15, -0.1) is 0 Å². The number of halogens is 1. The molecule has 1 heterocycles. The molecule has 3 nitrogen and oxygen atoms in total. The van der Waals surface area contributed by atoms with Crippen LogP contribution in [-0.2, 0) is 0 Å². The Kier molecular flexibility index (Phi) is 1.35. The zero-order valence-corrected chi connectivity index (χ0v) is 7.00. The van der Waals surface area contributed by atoms with Crippen LogP contribution in [0.1, 0.15) is 0 Å². The van der Waals surface area contributed by atoms with Crippen LogP contribution in [0.2, 0.25) is 0 Å². The minimum absolute atomic E-state index is 0.136. The summed E-state index contributed by atoms with van der Waals surface area (Å²) < 4.78 is 5.35. The molecule has 2 rings (SSSR count). The molecular formula is C7H4BrNO2. The molecule has 0 aliphatic carbocycles. The molecule has 0 spiro atoms. The summed E-state index contributed by atoms with van der Waals surface area (Å²) in [6, 6.07) is 5.12. The first-order valence-electron chi connectivity index (χ1n) is 3.02. The number of phenolic OH excluding ortho intramolecular Hbond substituents is 1. The molecule has 0 aliphatic rings. The largest absolute Gasteiger partial charge is 0.506 e. The van der Waals surface area contributed by atoms with Gasteiger partial charge in [0.2, 0.25) is 4.67 Å². The van der Waals surface area contributed by atoms with Gasteiger partial charge in [-0.1, -0.05) is 11.2 Å². The van der Waals surface area contributed by atoms with Crippen molar-refractivity contribution in [3.05, 3.63) is 22.9 Å². The lowest BCUT2D eigenvalue weighted by Gasteiger charge is -1.88. The van der Waals surface area contributed by atoms with Gasteiger partial charge in [0, 0.05) is 0 Å². The summed E-state index contributed by atoms with van der Waals surface area (Å²) in [5, 5.41) is 13.7. The van der Waals surface area contributed by atoms with Gasteiger partial charge in [0.05, 0.1) is 5.39 Å². The maximum absolute atomic E-state index is 9.24. The van der Waals surface area contributed by atoms with Crippen molar-refractivity contribution in [3.63, 3.8) is 0 Å². The van der Waals surface area contributed by atoms with Crippen LogP contribution in [0, 0.1) is 0 Å². The van der Waals surface area contributed by atoms with E-state index >= 15 is 0 Å². The zero-order chi connectivity index (χ0) is 7.84. The van der Waals surface area contributed by atoms with Crippen LogP contribution in [0.5, 0.6) is 5.75 Å². The maximum atomic E-state index is 9.24. The van der Waals surface area contributed by atoms with E-state index in [1.807, 2.05) is 6.07 Å². The Labute approximate surface area is 70.7 Å². The highest BCUT2D eigenvalue weighted by atomic mass is 79.9. The normalized spacial score (nSPS) is 10.6. The summed E-state index contributed by atoms with van der Waals surface area (Å²) in [4.78, 5) is 0. The van der Waals surface area contributed by atoms with E-state index in [1.54, 1.807) is 12.1 Å². The molecule has 1 aromatic carbocycles. The lowest BCUT2D eigenvalue weighted by atomic mass is 10.2. The molecule has 0 amide bonds. The van der Waals surface area contributed by atoms with Gasteiger partial charge in [0.25, 0.3) is 0 Å². The Morgan fingerprint density at radius 1 is 1.45 bits per heavy atom. The number of hydrogen-bond donors (Lipinski definition) is 1. The van der Waals surface area contributed by atoms with Gasteiger partial charge in [0.15, 0.2) is 5.52 Å². The summed E-state index contributed by atoms with van der Waals surface area (Å²) in [6.07, 6.45) is 0. The summed E-state index contributed by atoms with van der Waals surface area (Å²) in [5.41, 5.74) is 0.486. The van der Waals surface area contributed by atoms with E-state index in [4.69, 9.17) is 4.52 Å². The fourth-order valence-electron chi connectivity index (χ4n) is 0.921. The third kappa shape index (κ3) is 0.903. The van der Waals surface area contributed by atoms with E-state index in [0.717, 1.165) is 5.39 Å². The minimum Gasteiger partial charge on any atom is -0.506 e. The Balaban J connectivity index is 2.94. The average molecular weight is 214 g/mol. The molecule has 1 N–H and O–H groups in total. The minimum atomic E-state index is 0.136. The van der Waals surface area contributed by atoms with E-state index in [0.29, 0.717) is 10.2 Å². The number of aromatic nitrogens is 1. The number of phenols is 1. The van der Waals surface area contributed by atoms with E-state index in [-0.39, 0.29) is 5.75 Å². The highest BCUT2D eigenvalue weighted by molar-refractivity contribution is 9.10. The van der Waals surface area contributed by atoms with E-state index < -0.39 is 0 Å². The van der Waals surface area contributed by atoms with Gasteiger partial charge in [-0.3, -0.25) is 0 Å². The lowest BCUT2D eigenvalue weighted by molar-refractivity contribution is 0.404. The first kappa shape index (κ1) is 6.67. The van der Waals surface area contributed by atoms with Crippen LogP contribution in [0.3, 0.4) is 0 Å². The fraction of sp³-hybridized carbons (Fsp3) is 0. The first-order chi connectivity index (χ1) is 5.29. The molecule has 11 heavy (non-hydrogen) atoms. The molecule has 0 radical (unpaired) electrons. The molecule has 0 saturated carbocycles. The van der Waals surface area contributed by atoms with Crippen LogP contribution >= 0.6 is 15.9 Å². The van der Waals surface area contributed by atoms with E-state index in [9.17, 15) is 5.11 Å². The van der Waals surface area contributed by atoms with Crippen molar-refractivity contribution in [2.45, 2.75) is 0 Å². The molecule has 0 unspecified atom stereocenters. The highest BCUT2D eigenvalue weighted by Gasteiger charge is 2.07.